The Kier molecular flexibility index (Phi) is 4.54. The van der Waals surface area contributed by atoms with E-state index in [-0.39, 0.29) is 16.3 Å². The topological polar surface area (TPSA) is 64.1 Å². The van der Waals surface area contributed by atoms with Crippen LogP contribution in [-0.4, -0.2) is 23.0 Å². The molecule has 9 heteroatoms. The van der Waals surface area contributed by atoms with Crippen molar-refractivity contribution >= 4 is 43.9 Å². The molecule has 0 aliphatic carbocycles. The van der Waals surface area contributed by atoms with E-state index in [1.54, 1.807) is 12.5 Å². The van der Waals surface area contributed by atoms with Gasteiger partial charge in [-0.05, 0) is 30.3 Å². The zero-order valence-electron chi connectivity index (χ0n) is 13.8. The van der Waals surface area contributed by atoms with Crippen LogP contribution in [0.5, 0.6) is 5.75 Å². The minimum atomic E-state index is -0.977. The first-order valence-corrected chi connectivity index (χ1v) is 9.40. The fourth-order valence-corrected chi connectivity index (χ4v) is 4.06. The lowest BCUT2D eigenvalue weighted by Crippen LogP contribution is -2.11. The Balaban J connectivity index is 1.54. The summed E-state index contributed by atoms with van der Waals surface area (Å²) in [5.41, 5.74) is 1.39. The highest BCUT2D eigenvalue weighted by Gasteiger charge is 2.15. The summed E-state index contributed by atoms with van der Waals surface area (Å²) in [5.74, 6) is -1.63. The number of aromatic nitrogens is 2. The zero-order valence-corrected chi connectivity index (χ0v) is 15.5. The maximum absolute atomic E-state index is 13.3. The average Bonchev–Trinajstić information content (AvgIpc) is 3.29. The summed E-state index contributed by atoms with van der Waals surface area (Å²) in [4.78, 5) is 20.8. The van der Waals surface area contributed by atoms with Gasteiger partial charge in [-0.1, -0.05) is 11.3 Å². The van der Waals surface area contributed by atoms with Gasteiger partial charge in [-0.3, -0.25) is 10.1 Å². The molecule has 1 amide bonds. The van der Waals surface area contributed by atoms with Gasteiger partial charge in [-0.15, -0.1) is 11.3 Å². The molecule has 0 saturated heterocycles. The van der Waals surface area contributed by atoms with Crippen molar-refractivity contribution in [1.29, 1.82) is 0 Å². The molecule has 0 bridgehead atoms. The lowest BCUT2D eigenvalue weighted by Gasteiger charge is -2.00. The van der Waals surface area contributed by atoms with Gasteiger partial charge in [0, 0.05) is 17.0 Å². The van der Waals surface area contributed by atoms with E-state index in [1.807, 2.05) is 24.3 Å². The molecule has 0 saturated carbocycles. The number of methoxy groups -OCH3 is 1. The number of nitrogens with zero attached hydrogens (tertiary/aromatic N) is 2. The van der Waals surface area contributed by atoms with E-state index >= 15 is 0 Å². The standard InChI is InChI=1S/C18H11F2N3O2S2/c1-25-10-4-2-9(3-5-10)17-21-14(8-26-17)16(24)23-18-22-13-6-11(19)12(20)7-15(13)27-18/h2-8H,1H3,(H,22,23,24). The molecule has 2 aromatic heterocycles. The van der Waals surface area contributed by atoms with Gasteiger partial charge in [-0.25, -0.2) is 18.7 Å². The molecule has 2 aromatic carbocycles. The first-order valence-electron chi connectivity index (χ1n) is 7.70. The number of benzene rings is 2. The predicted octanol–water partition coefficient (Wildman–Crippen LogP) is 4.96. The molecule has 4 aromatic rings. The van der Waals surface area contributed by atoms with E-state index in [1.165, 1.54) is 11.3 Å². The highest BCUT2D eigenvalue weighted by atomic mass is 32.1. The number of carbonyl (C=O) groups is 1. The fourth-order valence-electron chi connectivity index (χ4n) is 2.38. The Morgan fingerprint density at radius 3 is 2.59 bits per heavy atom. The SMILES string of the molecule is COc1ccc(-c2nc(C(=O)Nc3nc4cc(F)c(F)cc4s3)cs2)cc1. The van der Waals surface area contributed by atoms with Crippen LogP contribution < -0.4 is 10.1 Å². The number of halogens is 2. The van der Waals surface area contributed by atoms with Crippen LogP contribution >= 0.6 is 22.7 Å². The molecular formula is C18H11F2N3O2S2. The number of thiazole rings is 2. The van der Waals surface area contributed by atoms with Crippen molar-refractivity contribution in [2.24, 2.45) is 0 Å². The summed E-state index contributed by atoms with van der Waals surface area (Å²) in [6.07, 6.45) is 0. The monoisotopic (exact) mass is 403 g/mol. The predicted molar refractivity (Wildman–Crippen MR) is 102 cm³/mol. The number of ether oxygens (including phenoxy) is 1. The number of carbonyl (C=O) groups excluding carboxylic acids is 1. The van der Waals surface area contributed by atoms with Crippen molar-refractivity contribution in [3.63, 3.8) is 0 Å². The summed E-state index contributed by atoms with van der Waals surface area (Å²) in [7, 11) is 1.59. The molecule has 0 radical (unpaired) electrons. The molecule has 0 fully saturated rings. The van der Waals surface area contributed by atoms with Gasteiger partial charge in [-0.2, -0.15) is 0 Å². The van der Waals surface area contributed by atoms with E-state index in [0.717, 1.165) is 34.8 Å². The van der Waals surface area contributed by atoms with Crippen molar-refractivity contribution in [2.45, 2.75) is 0 Å². The largest absolute Gasteiger partial charge is 0.497 e. The molecule has 2 heterocycles. The lowest BCUT2D eigenvalue weighted by molar-refractivity contribution is 0.102. The molecule has 5 nitrogen and oxygen atoms in total. The first-order chi connectivity index (χ1) is 13.0. The van der Waals surface area contributed by atoms with Crippen molar-refractivity contribution in [2.75, 3.05) is 12.4 Å². The summed E-state index contributed by atoms with van der Waals surface area (Å²) >= 11 is 2.40. The molecule has 0 atom stereocenters. The minimum absolute atomic E-state index is 0.238. The third-order valence-corrected chi connectivity index (χ3v) is 5.55. The van der Waals surface area contributed by atoms with Gasteiger partial charge in [0.1, 0.15) is 16.5 Å². The van der Waals surface area contributed by atoms with Gasteiger partial charge >= 0.3 is 0 Å². The molecule has 0 unspecified atom stereocenters. The van der Waals surface area contributed by atoms with Gasteiger partial charge < -0.3 is 4.74 Å². The third-order valence-electron chi connectivity index (χ3n) is 3.72. The maximum atomic E-state index is 13.3. The molecule has 136 valence electrons. The quantitative estimate of drug-likeness (QED) is 0.523. The molecule has 0 spiro atoms. The minimum Gasteiger partial charge on any atom is -0.497 e. The van der Waals surface area contributed by atoms with Crippen molar-refractivity contribution in [1.82, 2.24) is 9.97 Å². The second-order valence-corrected chi connectivity index (χ2v) is 7.36. The number of hydrogen-bond donors (Lipinski definition) is 1. The smallest absolute Gasteiger partial charge is 0.276 e. The van der Waals surface area contributed by atoms with Crippen LogP contribution in [0.4, 0.5) is 13.9 Å². The fraction of sp³-hybridized carbons (Fsp3) is 0.0556. The number of anilines is 1. The maximum Gasteiger partial charge on any atom is 0.276 e. The Morgan fingerprint density at radius 1 is 1.11 bits per heavy atom. The number of amides is 1. The van der Waals surface area contributed by atoms with E-state index in [9.17, 15) is 13.6 Å². The van der Waals surface area contributed by atoms with Crippen molar-refractivity contribution in [3.05, 3.63) is 59.1 Å². The lowest BCUT2D eigenvalue weighted by atomic mass is 10.2. The highest BCUT2D eigenvalue weighted by molar-refractivity contribution is 7.22. The van der Waals surface area contributed by atoms with Crippen LogP contribution in [0.3, 0.4) is 0 Å². The molecule has 0 aliphatic rings. The summed E-state index contributed by atoms with van der Waals surface area (Å²) in [6.45, 7) is 0. The molecule has 1 N–H and O–H groups in total. The van der Waals surface area contributed by atoms with Gasteiger partial charge in [0.2, 0.25) is 0 Å². The first kappa shape index (κ1) is 17.5. The van der Waals surface area contributed by atoms with E-state index in [4.69, 9.17) is 4.74 Å². The summed E-state index contributed by atoms with van der Waals surface area (Å²) in [5, 5.41) is 5.20. The highest BCUT2D eigenvalue weighted by Crippen LogP contribution is 2.29. The number of nitrogens with one attached hydrogen (secondary N) is 1. The van der Waals surface area contributed by atoms with Crippen LogP contribution in [0.2, 0.25) is 0 Å². The normalized spacial score (nSPS) is 10.9. The van der Waals surface area contributed by atoms with Crippen molar-refractivity contribution in [3.8, 4) is 16.3 Å². The Morgan fingerprint density at radius 2 is 1.85 bits per heavy atom. The second kappa shape index (κ2) is 7.01. The number of rotatable bonds is 4. The van der Waals surface area contributed by atoms with Crippen LogP contribution in [0.1, 0.15) is 10.5 Å². The van der Waals surface area contributed by atoms with Crippen LogP contribution in [0.25, 0.3) is 20.8 Å². The van der Waals surface area contributed by atoms with Crippen LogP contribution in [0.15, 0.2) is 41.8 Å². The van der Waals surface area contributed by atoms with Crippen LogP contribution in [-0.2, 0) is 0 Å². The summed E-state index contributed by atoms with van der Waals surface area (Å²) < 4.78 is 32.1. The number of fused-ring (bicyclic) bond motifs is 1. The average molecular weight is 403 g/mol. The molecule has 0 aliphatic heterocycles. The van der Waals surface area contributed by atoms with Gasteiger partial charge in [0.25, 0.3) is 5.91 Å². The summed E-state index contributed by atoms with van der Waals surface area (Å²) in [6, 6.07) is 9.40. The van der Waals surface area contributed by atoms with E-state index in [2.05, 4.69) is 15.3 Å². The third kappa shape index (κ3) is 3.51. The molecule has 4 rings (SSSR count). The Hall–Kier alpha value is -2.91. The van der Waals surface area contributed by atoms with Gasteiger partial charge in [0.15, 0.2) is 16.8 Å². The van der Waals surface area contributed by atoms with E-state index in [0.29, 0.717) is 9.71 Å². The Bertz CT molecular complexity index is 1100. The second-order valence-electron chi connectivity index (χ2n) is 5.47. The van der Waals surface area contributed by atoms with E-state index < -0.39 is 17.5 Å². The van der Waals surface area contributed by atoms with Crippen molar-refractivity contribution < 1.29 is 18.3 Å². The zero-order chi connectivity index (χ0) is 19.0. The Labute approximate surface area is 160 Å². The van der Waals surface area contributed by atoms with Gasteiger partial charge in [0.05, 0.1) is 17.3 Å². The number of hydrogen-bond acceptors (Lipinski definition) is 6. The van der Waals surface area contributed by atoms with Crippen LogP contribution in [0, 0.1) is 11.6 Å². The molecule has 27 heavy (non-hydrogen) atoms. The molecular weight excluding hydrogens is 392 g/mol.